The summed E-state index contributed by atoms with van der Waals surface area (Å²) in [6.45, 7) is 5.26. The molecule has 0 saturated carbocycles. The van der Waals surface area contributed by atoms with E-state index in [4.69, 9.17) is 21.1 Å². The topological polar surface area (TPSA) is 64.6 Å². The molecule has 2 aromatic carbocycles. The van der Waals surface area contributed by atoms with E-state index in [2.05, 4.69) is 5.32 Å². The van der Waals surface area contributed by atoms with Gasteiger partial charge in [-0.15, -0.1) is 0 Å². The maximum atomic E-state index is 12.6. The Morgan fingerprint density at radius 3 is 2.23 bits per heavy atom. The molecule has 1 amide bonds. The number of esters is 1. The molecule has 1 N–H and O–H groups in total. The highest BCUT2D eigenvalue weighted by molar-refractivity contribution is 6.30. The number of hydrogen-bond acceptors (Lipinski definition) is 4. The highest BCUT2D eigenvalue weighted by Crippen LogP contribution is 2.17. The molecular weight excluding hydrogens is 354 g/mol. The van der Waals surface area contributed by atoms with Crippen molar-refractivity contribution in [2.24, 2.45) is 0 Å². The predicted octanol–water partition coefficient (Wildman–Crippen LogP) is 4.38. The number of amides is 1. The van der Waals surface area contributed by atoms with Gasteiger partial charge < -0.3 is 14.8 Å². The van der Waals surface area contributed by atoms with Crippen LogP contribution in [0.3, 0.4) is 0 Å². The average Bonchev–Trinajstić information content (AvgIpc) is 2.55. The number of benzene rings is 2. The van der Waals surface area contributed by atoms with Gasteiger partial charge in [-0.1, -0.05) is 41.9 Å². The van der Waals surface area contributed by atoms with Crippen molar-refractivity contribution >= 4 is 23.7 Å². The van der Waals surface area contributed by atoms with Gasteiger partial charge in [0.25, 0.3) is 0 Å². The molecule has 0 saturated heterocycles. The zero-order valence-electron chi connectivity index (χ0n) is 15.0. The highest BCUT2D eigenvalue weighted by atomic mass is 35.5. The Morgan fingerprint density at radius 2 is 1.65 bits per heavy atom. The van der Waals surface area contributed by atoms with Gasteiger partial charge in [-0.2, -0.15) is 0 Å². The fraction of sp³-hybridized carbons (Fsp3) is 0.300. The van der Waals surface area contributed by atoms with E-state index in [0.29, 0.717) is 10.8 Å². The van der Waals surface area contributed by atoms with Crippen molar-refractivity contribution in [2.75, 3.05) is 0 Å². The Morgan fingerprint density at radius 1 is 1.04 bits per heavy atom. The van der Waals surface area contributed by atoms with Crippen molar-refractivity contribution < 1.29 is 19.1 Å². The van der Waals surface area contributed by atoms with Crippen molar-refractivity contribution in [3.63, 3.8) is 0 Å². The second kappa shape index (κ2) is 8.72. The third kappa shape index (κ3) is 6.76. The number of carbonyl (C=O) groups excluding carboxylic acids is 2. The SMILES string of the molecule is CC(C)(C)OC(=O)N[C@@H](Cc1ccccc1)C(=O)Oc1ccc(Cl)cc1. The Hall–Kier alpha value is -2.53. The number of nitrogens with one attached hydrogen (secondary N) is 1. The molecule has 138 valence electrons. The highest BCUT2D eigenvalue weighted by Gasteiger charge is 2.26. The zero-order valence-corrected chi connectivity index (χ0v) is 15.7. The van der Waals surface area contributed by atoms with E-state index >= 15 is 0 Å². The third-order valence-corrected chi connectivity index (χ3v) is 3.54. The maximum Gasteiger partial charge on any atom is 0.408 e. The molecule has 1 atom stereocenters. The van der Waals surface area contributed by atoms with Crippen LogP contribution in [0, 0.1) is 0 Å². The van der Waals surface area contributed by atoms with Gasteiger partial charge in [0.05, 0.1) is 0 Å². The van der Waals surface area contributed by atoms with Crippen molar-refractivity contribution in [1.29, 1.82) is 0 Å². The van der Waals surface area contributed by atoms with E-state index in [9.17, 15) is 9.59 Å². The standard InChI is InChI=1S/C20H22ClNO4/c1-20(2,3)26-19(24)22-17(13-14-7-5-4-6-8-14)18(23)25-16-11-9-15(21)10-12-16/h4-12,17H,13H2,1-3H3,(H,22,24)/t17-/m0/s1. The van der Waals surface area contributed by atoms with Crippen molar-refractivity contribution in [3.8, 4) is 5.75 Å². The van der Waals surface area contributed by atoms with Crippen LogP contribution in [0.4, 0.5) is 4.79 Å². The smallest absolute Gasteiger partial charge is 0.408 e. The minimum atomic E-state index is -0.886. The van der Waals surface area contributed by atoms with Gasteiger partial charge in [0.15, 0.2) is 0 Å². The van der Waals surface area contributed by atoms with Gasteiger partial charge in [0.2, 0.25) is 0 Å². The summed E-state index contributed by atoms with van der Waals surface area (Å²) in [6.07, 6.45) is -0.390. The molecule has 5 nitrogen and oxygen atoms in total. The summed E-state index contributed by atoms with van der Waals surface area (Å²) in [5.74, 6) is -0.231. The van der Waals surface area contributed by atoms with Crippen LogP contribution in [0.5, 0.6) is 5.75 Å². The molecule has 2 aromatic rings. The molecule has 0 aliphatic rings. The van der Waals surface area contributed by atoms with E-state index in [1.54, 1.807) is 45.0 Å². The lowest BCUT2D eigenvalue weighted by Crippen LogP contribution is -2.46. The summed E-state index contributed by atoms with van der Waals surface area (Å²) in [6, 6.07) is 14.9. The van der Waals surface area contributed by atoms with E-state index in [-0.39, 0.29) is 6.42 Å². The van der Waals surface area contributed by atoms with Gasteiger partial charge in [0, 0.05) is 11.4 Å². The number of ether oxygens (including phenoxy) is 2. The molecule has 6 heteroatoms. The second-order valence-electron chi connectivity index (χ2n) is 6.76. The summed E-state index contributed by atoms with van der Waals surface area (Å²) >= 11 is 5.83. The Kier molecular flexibility index (Phi) is 6.64. The van der Waals surface area contributed by atoms with E-state index < -0.39 is 23.7 Å². The third-order valence-electron chi connectivity index (χ3n) is 3.29. The van der Waals surface area contributed by atoms with Crippen LogP contribution in [0.1, 0.15) is 26.3 Å². The molecule has 0 heterocycles. The first kappa shape index (κ1) is 19.8. The lowest BCUT2D eigenvalue weighted by atomic mass is 10.1. The molecule has 26 heavy (non-hydrogen) atoms. The minimum absolute atomic E-state index is 0.284. The fourth-order valence-electron chi connectivity index (χ4n) is 2.18. The number of alkyl carbamates (subject to hydrolysis) is 1. The molecule has 0 bridgehead atoms. The quantitative estimate of drug-likeness (QED) is 0.622. The summed E-state index contributed by atoms with van der Waals surface area (Å²) in [5, 5.41) is 3.13. The summed E-state index contributed by atoms with van der Waals surface area (Å²) in [7, 11) is 0. The molecule has 2 rings (SSSR count). The van der Waals surface area contributed by atoms with Crippen LogP contribution < -0.4 is 10.1 Å². The number of halogens is 1. The Bertz CT molecular complexity index is 739. The van der Waals surface area contributed by atoms with Crippen LogP contribution in [0.15, 0.2) is 54.6 Å². The number of rotatable bonds is 5. The first-order valence-corrected chi connectivity index (χ1v) is 8.61. The number of carbonyl (C=O) groups is 2. The normalized spacial score (nSPS) is 12.2. The van der Waals surface area contributed by atoms with E-state index in [1.165, 1.54) is 0 Å². The van der Waals surface area contributed by atoms with Gasteiger partial charge in [-0.05, 0) is 50.6 Å². The van der Waals surface area contributed by atoms with Crippen molar-refractivity contribution in [2.45, 2.75) is 38.8 Å². The molecular formula is C20H22ClNO4. The van der Waals surface area contributed by atoms with Crippen molar-refractivity contribution in [3.05, 3.63) is 65.2 Å². The second-order valence-corrected chi connectivity index (χ2v) is 7.20. The van der Waals surface area contributed by atoms with Crippen molar-refractivity contribution in [1.82, 2.24) is 5.32 Å². The summed E-state index contributed by atoms with van der Waals surface area (Å²) in [5.41, 5.74) is 0.225. The van der Waals surface area contributed by atoms with E-state index in [1.807, 2.05) is 30.3 Å². The first-order valence-electron chi connectivity index (χ1n) is 8.23. The first-order chi connectivity index (χ1) is 12.2. The lowest BCUT2D eigenvalue weighted by Gasteiger charge is -2.23. The molecule has 0 spiro atoms. The predicted molar refractivity (Wildman–Crippen MR) is 100 cm³/mol. The maximum absolute atomic E-state index is 12.6. The molecule has 0 aliphatic heterocycles. The molecule has 0 fully saturated rings. The molecule has 0 aromatic heterocycles. The van der Waals surface area contributed by atoms with Crippen LogP contribution in [0.25, 0.3) is 0 Å². The van der Waals surface area contributed by atoms with Gasteiger partial charge in [0.1, 0.15) is 17.4 Å². The zero-order chi connectivity index (χ0) is 19.2. The largest absolute Gasteiger partial charge is 0.444 e. The number of hydrogen-bond donors (Lipinski definition) is 1. The summed E-state index contributed by atoms with van der Waals surface area (Å²) in [4.78, 5) is 24.7. The lowest BCUT2D eigenvalue weighted by molar-refractivity contribution is -0.136. The Balaban J connectivity index is 2.11. The van der Waals surface area contributed by atoms with Crippen LogP contribution in [0.2, 0.25) is 5.02 Å². The fourth-order valence-corrected chi connectivity index (χ4v) is 2.31. The van der Waals surface area contributed by atoms with Gasteiger partial charge >= 0.3 is 12.1 Å². The summed E-state index contributed by atoms with van der Waals surface area (Å²) < 4.78 is 10.6. The van der Waals surface area contributed by atoms with Crippen LogP contribution in [-0.2, 0) is 16.0 Å². The molecule has 0 aliphatic carbocycles. The minimum Gasteiger partial charge on any atom is -0.444 e. The monoisotopic (exact) mass is 375 g/mol. The van der Waals surface area contributed by atoms with Gasteiger partial charge in [-0.25, -0.2) is 9.59 Å². The van der Waals surface area contributed by atoms with Crippen LogP contribution >= 0.6 is 11.6 Å². The van der Waals surface area contributed by atoms with Crippen LogP contribution in [-0.4, -0.2) is 23.7 Å². The molecule has 0 radical (unpaired) electrons. The Labute approximate surface area is 158 Å². The molecule has 0 unspecified atom stereocenters. The van der Waals surface area contributed by atoms with E-state index in [0.717, 1.165) is 5.56 Å². The average molecular weight is 376 g/mol. The van der Waals surface area contributed by atoms with Gasteiger partial charge in [-0.3, -0.25) is 0 Å².